The summed E-state index contributed by atoms with van der Waals surface area (Å²) in [6.07, 6.45) is 15.9. The number of amides is 1. The van der Waals surface area contributed by atoms with Gasteiger partial charge in [-0.2, -0.15) is 0 Å². The molecule has 1 aromatic heterocycles. The SMILES string of the molecule is CNC(=O)OC(CC(C)C)c1nc(C2OC(=O)/C=C/C/C(C)=C/C(O)C(C)\C=C(C)/C=C(C)/C=C\C(O)C(C)C(OC)/C(C)=C/C=C/C2C)cs1. The first-order valence-corrected chi connectivity index (χ1v) is 18.6. The van der Waals surface area contributed by atoms with E-state index < -0.39 is 36.5 Å². The Morgan fingerprint density at radius 3 is 2.39 bits per heavy atom. The van der Waals surface area contributed by atoms with Gasteiger partial charge in [-0.05, 0) is 52.0 Å². The van der Waals surface area contributed by atoms with Gasteiger partial charge in [0.25, 0.3) is 0 Å². The number of methoxy groups -OCH3 is 1. The number of thiazole rings is 1. The van der Waals surface area contributed by atoms with E-state index in [1.807, 2.05) is 104 Å². The molecule has 1 aromatic rings. The smallest absolute Gasteiger partial charge is 0.407 e. The van der Waals surface area contributed by atoms with Crippen molar-refractivity contribution in [2.45, 2.75) is 106 Å². The number of nitrogens with one attached hydrogen (secondary N) is 1. The number of esters is 1. The molecule has 1 aliphatic rings. The molecule has 2 heterocycles. The van der Waals surface area contributed by atoms with Crippen LogP contribution in [0.1, 0.15) is 98.1 Å². The van der Waals surface area contributed by atoms with E-state index >= 15 is 0 Å². The lowest BCUT2D eigenvalue weighted by atomic mass is 9.91. The van der Waals surface area contributed by atoms with Crippen LogP contribution in [0.5, 0.6) is 0 Å². The van der Waals surface area contributed by atoms with Gasteiger partial charge >= 0.3 is 12.1 Å². The second-order valence-corrected chi connectivity index (χ2v) is 14.9. The van der Waals surface area contributed by atoms with Gasteiger partial charge in [-0.3, -0.25) is 0 Å². The number of ether oxygens (including phenoxy) is 3. The zero-order valence-electron chi connectivity index (χ0n) is 32.3. The van der Waals surface area contributed by atoms with Crippen molar-refractivity contribution < 1.29 is 34.0 Å². The molecule has 0 saturated carbocycles. The summed E-state index contributed by atoms with van der Waals surface area (Å²) in [6, 6.07) is 0. The fraction of sp³-hybridized carbons (Fsp3) is 0.537. The molecule has 0 spiro atoms. The van der Waals surface area contributed by atoms with Crippen molar-refractivity contribution in [1.82, 2.24) is 10.3 Å². The van der Waals surface area contributed by atoms with Crippen LogP contribution in [0.15, 0.2) is 88.4 Å². The van der Waals surface area contributed by atoms with Crippen molar-refractivity contribution in [1.29, 1.82) is 0 Å². The van der Waals surface area contributed by atoms with Gasteiger partial charge in [-0.25, -0.2) is 14.6 Å². The van der Waals surface area contributed by atoms with Crippen LogP contribution < -0.4 is 5.32 Å². The third-order valence-corrected chi connectivity index (χ3v) is 9.64. The van der Waals surface area contributed by atoms with E-state index in [0.29, 0.717) is 23.5 Å². The second-order valence-electron chi connectivity index (χ2n) is 14.0. The number of carbonyl (C=O) groups is 2. The number of cyclic esters (lactones) is 1. The Morgan fingerprint density at radius 2 is 1.75 bits per heavy atom. The maximum atomic E-state index is 13.2. The Bertz CT molecular complexity index is 1500. The van der Waals surface area contributed by atoms with E-state index in [4.69, 9.17) is 19.2 Å². The number of aliphatic hydroxyl groups is 2. The zero-order valence-corrected chi connectivity index (χ0v) is 33.1. The van der Waals surface area contributed by atoms with Crippen molar-refractivity contribution in [2.24, 2.45) is 23.7 Å². The monoisotopic (exact) mass is 724 g/mol. The Kier molecular flexibility index (Phi) is 18.6. The predicted molar refractivity (Wildman–Crippen MR) is 206 cm³/mol. The topological polar surface area (TPSA) is 127 Å². The summed E-state index contributed by atoms with van der Waals surface area (Å²) in [6.45, 7) is 17.8. The molecule has 0 saturated heterocycles. The molecule has 10 heteroatoms. The minimum Gasteiger partial charge on any atom is -0.452 e. The summed E-state index contributed by atoms with van der Waals surface area (Å²) < 4.78 is 17.5. The Hall–Kier alpha value is -3.57. The number of carbonyl (C=O) groups excluding carboxylic acids is 2. The van der Waals surface area contributed by atoms with Crippen LogP contribution in [0, 0.1) is 23.7 Å². The molecule has 0 aliphatic carbocycles. The maximum absolute atomic E-state index is 13.2. The molecule has 1 amide bonds. The van der Waals surface area contributed by atoms with Crippen molar-refractivity contribution in [2.75, 3.05) is 14.2 Å². The third-order valence-electron chi connectivity index (χ3n) is 8.68. The molecule has 1 aliphatic heterocycles. The number of hydrogen-bond donors (Lipinski definition) is 3. The fourth-order valence-electron chi connectivity index (χ4n) is 5.82. The van der Waals surface area contributed by atoms with E-state index in [-0.39, 0.29) is 29.8 Å². The van der Waals surface area contributed by atoms with Crippen LogP contribution in [0.25, 0.3) is 0 Å². The van der Waals surface area contributed by atoms with Gasteiger partial charge in [-0.15, -0.1) is 11.3 Å². The van der Waals surface area contributed by atoms with E-state index in [9.17, 15) is 19.8 Å². The highest BCUT2D eigenvalue weighted by Crippen LogP contribution is 2.34. The number of nitrogens with zero attached hydrogens (tertiary/aromatic N) is 1. The molecule has 0 fully saturated rings. The van der Waals surface area contributed by atoms with E-state index in [1.54, 1.807) is 25.3 Å². The standard InChI is InChI=1S/C41H60N2O7S/c1-25(2)20-36(49-41(47)42-10)40-43-33(24-51-40)39-30(7)16-13-15-29(6)38(48-11)32(9)34(44)19-18-27(4)21-28(5)22-31(8)35(45)23-26(3)14-12-17-37(46)50-39/h12-13,15-19,21-25,30-32,34-36,38-39,44-45H,14,20H2,1-11H3,(H,42,47)/b16-13+,17-12+,19-18-,26-23+,27-21+,28-22-,29-15+. The van der Waals surface area contributed by atoms with Gasteiger partial charge in [-0.1, -0.05) is 106 Å². The number of aliphatic hydroxyl groups excluding tert-OH is 2. The highest BCUT2D eigenvalue weighted by Gasteiger charge is 2.28. The minimum atomic E-state index is -0.754. The highest BCUT2D eigenvalue weighted by molar-refractivity contribution is 7.09. The van der Waals surface area contributed by atoms with Gasteiger partial charge < -0.3 is 29.7 Å². The van der Waals surface area contributed by atoms with E-state index in [0.717, 1.165) is 22.3 Å². The first-order valence-electron chi connectivity index (χ1n) is 17.7. The predicted octanol–water partition coefficient (Wildman–Crippen LogP) is 8.67. The molecule has 8 unspecified atom stereocenters. The van der Waals surface area contributed by atoms with Gasteiger partial charge in [0.1, 0.15) is 5.01 Å². The summed E-state index contributed by atoms with van der Waals surface area (Å²) in [5.41, 5.74) is 4.37. The van der Waals surface area contributed by atoms with Crippen LogP contribution in [-0.2, 0) is 19.0 Å². The zero-order chi connectivity index (χ0) is 38.2. The first-order chi connectivity index (χ1) is 24.1. The third kappa shape index (κ3) is 14.9. The fourth-order valence-corrected chi connectivity index (χ4v) is 6.70. The van der Waals surface area contributed by atoms with Crippen LogP contribution in [-0.4, -0.2) is 59.7 Å². The minimum absolute atomic E-state index is 0.143. The van der Waals surface area contributed by atoms with Crippen molar-refractivity contribution >= 4 is 23.4 Å². The molecule has 8 atom stereocenters. The molecule has 2 rings (SSSR count). The van der Waals surface area contributed by atoms with Crippen LogP contribution >= 0.6 is 11.3 Å². The van der Waals surface area contributed by atoms with Gasteiger partial charge in [0, 0.05) is 43.4 Å². The summed E-state index contributed by atoms with van der Waals surface area (Å²) in [5.74, 6) is -0.937. The first kappa shape index (κ1) is 43.6. The Labute approximate surface area is 309 Å². The second kappa shape index (κ2) is 21.7. The molecule has 0 radical (unpaired) electrons. The lowest BCUT2D eigenvalue weighted by Gasteiger charge is -2.26. The molecule has 0 aromatic carbocycles. The van der Waals surface area contributed by atoms with Gasteiger partial charge in [0.2, 0.25) is 0 Å². The highest BCUT2D eigenvalue weighted by atomic mass is 32.1. The number of alkyl carbamates (subject to hydrolysis) is 1. The van der Waals surface area contributed by atoms with Crippen molar-refractivity contribution in [3.63, 3.8) is 0 Å². The summed E-state index contributed by atoms with van der Waals surface area (Å²) in [4.78, 5) is 30.2. The molecule has 0 bridgehead atoms. The molecule has 282 valence electrons. The lowest BCUT2D eigenvalue weighted by Crippen LogP contribution is -2.30. The quantitative estimate of drug-likeness (QED) is 0.197. The number of hydrogen-bond acceptors (Lipinski definition) is 9. The largest absolute Gasteiger partial charge is 0.452 e. The molecule has 3 N–H and O–H groups in total. The number of rotatable bonds is 6. The summed E-state index contributed by atoms with van der Waals surface area (Å²) in [7, 11) is 3.14. The van der Waals surface area contributed by atoms with Crippen molar-refractivity contribution in [3.8, 4) is 0 Å². The summed E-state index contributed by atoms with van der Waals surface area (Å²) >= 11 is 1.36. The van der Waals surface area contributed by atoms with E-state index in [2.05, 4.69) is 5.32 Å². The van der Waals surface area contributed by atoms with E-state index in [1.165, 1.54) is 24.5 Å². The van der Waals surface area contributed by atoms with Crippen LogP contribution in [0.4, 0.5) is 4.79 Å². The molecule has 51 heavy (non-hydrogen) atoms. The number of aromatic nitrogens is 1. The average molecular weight is 725 g/mol. The molecular weight excluding hydrogens is 665 g/mol. The van der Waals surface area contributed by atoms with Gasteiger partial charge in [0.05, 0.1) is 24.0 Å². The van der Waals surface area contributed by atoms with Gasteiger partial charge in [0.15, 0.2) is 12.2 Å². The Morgan fingerprint density at radius 1 is 1.04 bits per heavy atom. The maximum Gasteiger partial charge on any atom is 0.407 e. The summed E-state index contributed by atoms with van der Waals surface area (Å²) in [5, 5.41) is 26.9. The van der Waals surface area contributed by atoms with Crippen LogP contribution in [0.2, 0.25) is 0 Å². The lowest BCUT2D eigenvalue weighted by molar-refractivity contribution is -0.145. The normalized spacial score (nSPS) is 33.0. The average Bonchev–Trinajstić information content (AvgIpc) is 3.55. The number of allylic oxidation sites excluding steroid dienone is 8. The van der Waals surface area contributed by atoms with Crippen molar-refractivity contribution in [3.05, 3.63) is 99.1 Å². The Balaban J connectivity index is 2.55. The molecule has 9 nitrogen and oxygen atoms in total. The molecular formula is C41H60N2O7S. The van der Waals surface area contributed by atoms with Crippen LogP contribution in [0.3, 0.4) is 0 Å².